The maximum atomic E-state index is 8.90. The zero-order chi connectivity index (χ0) is 15.1. The molecule has 0 spiro atoms. The number of ether oxygens (including phenoxy) is 1. The average molecular weight is 282 g/mol. The molecule has 0 aliphatic rings. The summed E-state index contributed by atoms with van der Waals surface area (Å²) in [5.74, 6) is 1.83. The van der Waals surface area contributed by atoms with Crippen LogP contribution in [0.1, 0.15) is 31.0 Å². The van der Waals surface area contributed by atoms with Gasteiger partial charge in [-0.15, -0.1) is 0 Å². The quantitative estimate of drug-likeness (QED) is 0.825. The fourth-order valence-corrected chi connectivity index (χ4v) is 1.84. The van der Waals surface area contributed by atoms with Crippen LogP contribution in [0.4, 0.5) is 5.82 Å². The van der Waals surface area contributed by atoms with Gasteiger partial charge in [0.25, 0.3) is 0 Å². The third-order valence-electron chi connectivity index (χ3n) is 3.01. The van der Waals surface area contributed by atoms with Crippen molar-refractivity contribution in [3.63, 3.8) is 0 Å². The van der Waals surface area contributed by atoms with E-state index < -0.39 is 0 Å². The minimum absolute atomic E-state index is 0.291. The molecule has 1 N–H and O–H groups in total. The standard InChI is InChI=1S/C16H18N4O/c1-12(2)13-3-5-14(6-4-13)21-10-9-20-16-15(11-17)18-7-8-19-16/h3-8,12H,9-10H2,1-2H3,(H,19,20). The Labute approximate surface area is 124 Å². The van der Waals surface area contributed by atoms with Gasteiger partial charge in [-0.2, -0.15) is 5.26 Å². The molecule has 0 bridgehead atoms. The normalized spacial score (nSPS) is 10.2. The molecule has 0 amide bonds. The van der Waals surface area contributed by atoms with Crippen LogP contribution in [0.5, 0.6) is 5.75 Å². The Bertz CT molecular complexity index is 617. The monoisotopic (exact) mass is 282 g/mol. The number of nitrogens with one attached hydrogen (secondary N) is 1. The number of benzene rings is 1. The number of hydrogen-bond acceptors (Lipinski definition) is 5. The molecule has 0 atom stereocenters. The predicted octanol–water partition coefficient (Wildman–Crippen LogP) is 2.96. The third-order valence-corrected chi connectivity index (χ3v) is 3.01. The van der Waals surface area contributed by atoms with Crippen LogP contribution in [0.15, 0.2) is 36.7 Å². The van der Waals surface area contributed by atoms with Gasteiger partial charge < -0.3 is 10.1 Å². The number of nitrogens with zero attached hydrogens (tertiary/aromatic N) is 3. The van der Waals surface area contributed by atoms with E-state index in [1.54, 1.807) is 6.20 Å². The third kappa shape index (κ3) is 4.18. The van der Waals surface area contributed by atoms with E-state index >= 15 is 0 Å². The summed E-state index contributed by atoms with van der Waals surface area (Å²) < 4.78 is 5.64. The van der Waals surface area contributed by atoms with Crippen LogP contribution < -0.4 is 10.1 Å². The van der Waals surface area contributed by atoms with Crippen molar-refractivity contribution in [2.45, 2.75) is 19.8 Å². The zero-order valence-corrected chi connectivity index (χ0v) is 12.2. The van der Waals surface area contributed by atoms with Crippen molar-refractivity contribution < 1.29 is 4.74 Å². The Balaban J connectivity index is 1.81. The molecule has 0 unspecified atom stereocenters. The predicted molar refractivity (Wildman–Crippen MR) is 81.3 cm³/mol. The van der Waals surface area contributed by atoms with E-state index in [1.807, 2.05) is 18.2 Å². The van der Waals surface area contributed by atoms with Crippen molar-refractivity contribution >= 4 is 5.82 Å². The molecule has 1 heterocycles. The molecule has 2 rings (SSSR count). The van der Waals surface area contributed by atoms with Crippen molar-refractivity contribution in [1.29, 1.82) is 5.26 Å². The number of nitriles is 1. The molecule has 0 aliphatic heterocycles. The van der Waals surface area contributed by atoms with Crippen molar-refractivity contribution in [2.75, 3.05) is 18.5 Å². The summed E-state index contributed by atoms with van der Waals surface area (Å²) in [6.07, 6.45) is 3.05. The summed E-state index contributed by atoms with van der Waals surface area (Å²) in [6, 6.07) is 10.1. The molecule has 1 aromatic heterocycles. The van der Waals surface area contributed by atoms with Gasteiger partial charge in [0.1, 0.15) is 18.4 Å². The lowest BCUT2D eigenvalue weighted by Crippen LogP contribution is -2.13. The molecular formula is C16H18N4O. The van der Waals surface area contributed by atoms with Gasteiger partial charge in [-0.1, -0.05) is 26.0 Å². The summed E-state index contributed by atoms with van der Waals surface area (Å²) in [6.45, 7) is 5.36. The highest BCUT2D eigenvalue weighted by Gasteiger charge is 2.03. The van der Waals surface area contributed by atoms with Crippen LogP contribution in [0, 0.1) is 11.3 Å². The van der Waals surface area contributed by atoms with Crippen LogP contribution >= 0.6 is 0 Å². The molecule has 0 radical (unpaired) electrons. The summed E-state index contributed by atoms with van der Waals surface area (Å²) in [7, 11) is 0. The van der Waals surface area contributed by atoms with E-state index in [9.17, 15) is 0 Å². The number of hydrogen-bond donors (Lipinski definition) is 1. The Hall–Kier alpha value is -2.61. The number of rotatable bonds is 6. The molecular weight excluding hydrogens is 264 g/mol. The van der Waals surface area contributed by atoms with E-state index in [0.717, 1.165) is 5.75 Å². The van der Waals surface area contributed by atoms with Gasteiger partial charge in [0.15, 0.2) is 11.5 Å². The van der Waals surface area contributed by atoms with Crippen molar-refractivity contribution in [3.05, 3.63) is 47.9 Å². The van der Waals surface area contributed by atoms with E-state index in [4.69, 9.17) is 10.00 Å². The lowest BCUT2D eigenvalue weighted by molar-refractivity contribution is 0.332. The molecule has 2 aromatic rings. The largest absolute Gasteiger partial charge is 0.492 e. The first-order chi connectivity index (χ1) is 10.2. The second-order valence-corrected chi connectivity index (χ2v) is 4.86. The molecule has 21 heavy (non-hydrogen) atoms. The first-order valence-electron chi connectivity index (χ1n) is 6.88. The summed E-state index contributed by atoms with van der Waals surface area (Å²) in [5.41, 5.74) is 1.58. The van der Waals surface area contributed by atoms with E-state index in [1.165, 1.54) is 11.8 Å². The summed E-state index contributed by atoms with van der Waals surface area (Å²) in [5, 5.41) is 11.9. The van der Waals surface area contributed by atoms with E-state index in [2.05, 4.69) is 41.3 Å². The first kappa shape index (κ1) is 14.8. The van der Waals surface area contributed by atoms with Gasteiger partial charge in [-0.3, -0.25) is 0 Å². The Kier molecular flexibility index (Phi) is 5.10. The van der Waals surface area contributed by atoms with E-state index in [-0.39, 0.29) is 0 Å². The van der Waals surface area contributed by atoms with Crippen LogP contribution in [-0.2, 0) is 0 Å². The molecule has 1 aromatic carbocycles. The van der Waals surface area contributed by atoms with Crippen LogP contribution in [0.3, 0.4) is 0 Å². The van der Waals surface area contributed by atoms with Crippen molar-refractivity contribution in [2.24, 2.45) is 0 Å². The van der Waals surface area contributed by atoms with Gasteiger partial charge in [0.05, 0.1) is 6.54 Å². The summed E-state index contributed by atoms with van der Waals surface area (Å²) in [4.78, 5) is 8.01. The lowest BCUT2D eigenvalue weighted by atomic mass is 10.0. The SMILES string of the molecule is CC(C)c1ccc(OCCNc2nccnc2C#N)cc1. The highest BCUT2D eigenvalue weighted by atomic mass is 16.5. The molecule has 0 saturated carbocycles. The fraction of sp³-hybridized carbons (Fsp3) is 0.312. The maximum Gasteiger partial charge on any atom is 0.182 e. The minimum atomic E-state index is 0.291. The molecule has 5 nitrogen and oxygen atoms in total. The molecule has 0 aliphatic carbocycles. The van der Waals surface area contributed by atoms with Crippen LogP contribution in [0.25, 0.3) is 0 Å². The number of aromatic nitrogens is 2. The van der Waals surface area contributed by atoms with Gasteiger partial charge in [-0.25, -0.2) is 9.97 Å². The second-order valence-electron chi connectivity index (χ2n) is 4.86. The average Bonchev–Trinajstić information content (AvgIpc) is 2.52. The summed E-state index contributed by atoms with van der Waals surface area (Å²) >= 11 is 0. The second kappa shape index (κ2) is 7.25. The highest BCUT2D eigenvalue weighted by molar-refractivity contribution is 5.46. The highest BCUT2D eigenvalue weighted by Crippen LogP contribution is 2.18. The van der Waals surface area contributed by atoms with Crippen LogP contribution in [0.2, 0.25) is 0 Å². The minimum Gasteiger partial charge on any atom is -0.492 e. The van der Waals surface area contributed by atoms with Gasteiger partial charge >= 0.3 is 0 Å². The molecule has 0 saturated heterocycles. The van der Waals surface area contributed by atoms with Gasteiger partial charge in [-0.05, 0) is 23.6 Å². The van der Waals surface area contributed by atoms with Gasteiger partial charge in [0.2, 0.25) is 0 Å². The fourth-order valence-electron chi connectivity index (χ4n) is 1.84. The van der Waals surface area contributed by atoms with E-state index in [0.29, 0.717) is 30.6 Å². The van der Waals surface area contributed by atoms with Crippen molar-refractivity contribution in [1.82, 2.24) is 9.97 Å². The first-order valence-corrected chi connectivity index (χ1v) is 6.88. The van der Waals surface area contributed by atoms with Crippen molar-refractivity contribution in [3.8, 4) is 11.8 Å². The molecule has 5 heteroatoms. The smallest absolute Gasteiger partial charge is 0.182 e. The number of anilines is 1. The van der Waals surface area contributed by atoms with Gasteiger partial charge in [0, 0.05) is 12.4 Å². The Morgan fingerprint density at radius 3 is 2.57 bits per heavy atom. The molecule has 108 valence electrons. The molecule has 0 fully saturated rings. The Morgan fingerprint density at radius 2 is 1.90 bits per heavy atom. The topological polar surface area (TPSA) is 70.8 Å². The zero-order valence-electron chi connectivity index (χ0n) is 12.2. The lowest BCUT2D eigenvalue weighted by Gasteiger charge is -2.10. The van der Waals surface area contributed by atoms with Crippen LogP contribution in [-0.4, -0.2) is 23.1 Å². The Morgan fingerprint density at radius 1 is 1.19 bits per heavy atom. The maximum absolute atomic E-state index is 8.90.